The second-order valence-corrected chi connectivity index (χ2v) is 7.07. The topological polar surface area (TPSA) is 61.7 Å². The van der Waals surface area contributed by atoms with Crippen molar-refractivity contribution >= 4 is 23.2 Å². The van der Waals surface area contributed by atoms with Crippen LogP contribution in [0.15, 0.2) is 23.3 Å². The van der Waals surface area contributed by atoms with E-state index in [2.05, 4.69) is 31.3 Å². The van der Waals surface area contributed by atoms with Crippen molar-refractivity contribution in [3.8, 4) is 5.75 Å². The maximum Gasteiger partial charge on any atom is 0.275 e. The van der Waals surface area contributed by atoms with Gasteiger partial charge in [-0.25, -0.2) is 5.43 Å². The Hall–Kier alpha value is -1.55. The van der Waals surface area contributed by atoms with E-state index < -0.39 is 5.91 Å². The summed E-state index contributed by atoms with van der Waals surface area (Å²) in [6.07, 6.45) is 2.93. The normalized spacial score (nSPS) is 23.0. The molecule has 2 rings (SSSR count). The van der Waals surface area contributed by atoms with E-state index in [9.17, 15) is 9.90 Å². The van der Waals surface area contributed by atoms with E-state index in [0.29, 0.717) is 10.9 Å². The molecule has 1 saturated carbocycles. The van der Waals surface area contributed by atoms with E-state index >= 15 is 0 Å². The van der Waals surface area contributed by atoms with E-state index in [4.69, 9.17) is 11.6 Å². The predicted octanol–water partition coefficient (Wildman–Crippen LogP) is 3.98. The number of carbonyl (C=O) groups is 1. The molecule has 1 amide bonds. The van der Waals surface area contributed by atoms with E-state index in [1.807, 2.05) is 0 Å². The molecular weight excluding hydrogens is 288 g/mol. The Morgan fingerprint density at radius 1 is 1.48 bits per heavy atom. The first-order valence-electron chi connectivity index (χ1n) is 7.11. The smallest absolute Gasteiger partial charge is 0.275 e. The molecule has 0 spiro atoms. The molecule has 1 aromatic rings. The monoisotopic (exact) mass is 308 g/mol. The lowest BCUT2D eigenvalue weighted by molar-refractivity contribution is 0.0951. The Kier molecular flexibility index (Phi) is 4.57. The van der Waals surface area contributed by atoms with Crippen molar-refractivity contribution in [3.63, 3.8) is 0 Å². The molecule has 1 aromatic carbocycles. The molecule has 2 N–H and O–H groups in total. The molecule has 1 atom stereocenters. The zero-order valence-corrected chi connectivity index (χ0v) is 13.4. The molecule has 0 aromatic heterocycles. The molecule has 5 heteroatoms. The molecule has 0 heterocycles. The number of halogens is 1. The number of hydrogen-bond donors (Lipinski definition) is 2. The molecule has 21 heavy (non-hydrogen) atoms. The molecule has 1 fully saturated rings. The molecule has 0 aliphatic heterocycles. The Labute approximate surface area is 130 Å². The molecule has 0 bridgehead atoms. The van der Waals surface area contributed by atoms with E-state index in [1.54, 1.807) is 0 Å². The number of carbonyl (C=O) groups excluding carboxylic acids is 1. The van der Waals surface area contributed by atoms with Crippen LogP contribution in [0.3, 0.4) is 0 Å². The average molecular weight is 309 g/mol. The van der Waals surface area contributed by atoms with Gasteiger partial charge in [-0.1, -0.05) is 32.4 Å². The summed E-state index contributed by atoms with van der Waals surface area (Å²) in [6, 6.07) is 4.36. The fourth-order valence-electron chi connectivity index (χ4n) is 3.08. The number of hydrazone groups is 1. The summed E-state index contributed by atoms with van der Waals surface area (Å²) in [5.74, 6) is 0.0111. The quantitative estimate of drug-likeness (QED) is 0.812. The van der Waals surface area contributed by atoms with E-state index in [-0.39, 0.29) is 16.7 Å². The summed E-state index contributed by atoms with van der Waals surface area (Å²) in [5.41, 5.74) is 3.86. The summed E-state index contributed by atoms with van der Waals surface area (Å²) in [6.45, 7) is 6.62. The fraction of sp³-hybridized carbons (Fsp3) is 0.500. The summed E-state index contributed by atoms with van der Waals surface area (Å²) in [5, 5.41) is 14.3. The molecule has 114 valence electrons. The van der Waals surface area contributed by atoms with Crippen molar-refractivity contribution < 1.29 is 9.90 Å². The Balaban J connectivity index is 2.09. The lowest BCUT2D eigenvalue weighted by Gasteiger charge is -2.34. The van der Waals surface area contributed by atoms with Gasteiger partial charge < -0.3 is 5.11 Å². The molecule has 1 aliphatic rings. The van der Waals surface area contributed by atoms with Crippen molar-refractivity contribution in [3.05, 3.63) is 28.8 Å². The molecular formula is C16H21ClN2O2. The van der Waals surface area contributed by atoms with Crippen LogP contribution in [-0.2, 0) is 0 Å². The first-order valence-corrected chi connectivity index (χ1v) is 7.49. The summed E-state index contributed by atoms with van der Waals surface area (Å²) in [4.78, 5) is 12.1. The Morgan fingerprint density at radius 2 is 2.19 bits per heavy atom. The molecule has 4 nitrogen and oxygen atoms in total. The number of phenols is 1. The number of benzene rings is 1. The van der Waals surface area contributed by atoms with Crippen molar-refractivity contribution in [1.82, 2.24) is 5.43 Å². The maximum atomic E-state index is 12.1. The van der Waals surface area contributed by atoms with Crippen molar-refractivity contribution in [2.45, 2.75) is 40.0 Å². The van der Waals surface area contributed by atoms with Gasteiger partial charge in [-0.05, 0) is 48.8 Å². The van der Waals surface area contributed by atoms with E-state index in [1.165, 1.54) is 18.2 Å². The Morgan fingerprint density at radius 3 is 2.86 bits per heavy atom. The van der Waals surface area contributed by atoms with Gasteiger partial charge in [0.25, 0.3) is 5.91 Å². The molecule has 1 aliphatic carbocycles. The second-order valence-electron chi connectivity index (χ2n) is 6.63. The van der Waals surface area contributed by atoms with Gasteiger partial charge in [0, 0.05) is 10.7 Å². The van der Waals surface area contributed by atoms with Gasteiger partial charge >= 0.3 is 0 Å². The molecule has 0 saturated heterocycles. The lowest BCUT2D eigenvalue weighted by Crippen LogP contribution is -2.30. The van der Waals surface area contributed by atoms with Crippen molar-refractivity contribution in [1.29, 1.82) is 0 Å². The minimum Gasteiger partial charge on any atom is -0.507 e. The number of amides is 1. The van der Waals surface area contributed by atoms with Crippen LogP contribution < -0.4 is 5.43 Å². The Bertz CT molecular complexity index is 582. The minimum absolute atomic E-state index is 0.102. The third-order valence-electron chi connectivity index (χ3n) is 3.69. The first-order chi connectivity index (χ1) is 9.77. The molecule has 0 unspecified atom stereocenters. The summed E-state index contributed by atoms with van der Waals surface area (Å²) >= 11 is 5.84. The standard InChI is InChI=1S/C16H21ClN2O2/c1-10-6-12(9-16(2,3)8-10)18-19-15(21)13-7-11(17)4-5-14(13)20/h4-5,7,10,20H,6,8-9H2,1-3H3,(H,19,21)/b18-12-/t10-/m1/s1. The predicted molar refractivity (Wildman–Crippen MR) is 84.8 cm³/mol. The number of rotatable bonds is 2. The van der Waals surface area contributed by atoms with Crippen LogP contribution in [0.4, 0.5) is 0 Å². The van der Waals surface area contributed by atoms with Gasteiger partial charge in [-0.2, -0.15) is 5.10 Å². The van der Waals surface area contributed by atoms with E-state index in [0.717, 1.165) is 25.0 Å². The number of hydrogen-bond acceptors (Lipinski definition) is 3. The minimum atomic E-state index is -0.446. The highest BCUT2D eigenvalue weighted by atomic mass is 35.5. The molecule has 0 radical (unpaired) electrons. The van der Waals surface area contributed by atoms with Gasteiger partial charge in [0.15, 0.2) is 0 Å². The zero-order valence-electron chi connectivity index (χ0n) is 12.6. The van der Waals surface area contributed by atoms with Crippen molar-refractivity contribution in [2.24, 2.45) is 16.4 Å². The third-order valence-corrected chi connectivity index (χ3v) is 3.92. The fourth-order valence-corrected chi connectivity index (χ4v) is 3.25. The van der Waals surface area contributed by atoms with Crippen LogP contribution >= 0.6 is 11.6 Å². The second kappa shape index (κ2) is 6.06. The average Bonchev–Trinajstić information content (AvgIpc) is 2.36. The summed E-state index contributed by atoms with van der Waals surface area (Å²) in [7, 11) is 0. The van der Waals surface area contributed by atoms with Gasteiger partial charge in [-0.3, -0.25) is 4.79 Å². The van der Waals surface area contributed by atoms with Crippen molar-refractivity contribution in [2.75, 3.05) is 0 Å². The van der Waals surface area contributed by atoms with Crippen LogP contribution in [0, 0.1) is 11.3 Å². The SMILES string of the molecule is C[C@@H]1C/C(=N/NC(=O)c2cc(Cl)ccc2O)CC(C)(C)C1. The first kappa shape index (κ1) is 15.8. The highest BCUT2D eigenvalue weighted by Crippen LogP contribution is 2.36. The summed E-state index contributed by atoms with van der Waals surface area (Å²) < 4.78 is 0. The van der Waals surface area contributed by atoms with Gasteiger partial charge in [0.2, 0.25) is 0 Å². The van der Waals surface area contributed by atoms with Crippen LogP contribution in [0.2, 0.25) is 5.02 Å². The lowest BCUT2D eigenvalue weighted by atomic mass is 9.72. The number of nitrogens with zero attached hydrogens (tertiary/aromatic N) is 1. The van der Waals surface area contributed by atoms with Crippen LogP contribution in [0.5, 0.6) is 5.75 Å². The third kappa shape index (κ3) is 4.21. The zero-order chi connectivity index (χ0) is 15.6. The van der Waals surface area contributed by atoms with Gasteiger partial charge in [0.1, 0.15) is 5.75 Å². The number of nitrogens with one attached hydrogen (secondary N) is 1. The van der Waals surface area contributed by atoms with Crippen LogP contribution in [-0.4, -0.2) is 16.7 Å². The highest BCUT2D eigenvalue weighted by Gasteiger charge is 2.29. The van der Waals surface area contributed by atoms with Gasteiger partial charge in [-0.15, -0.1) is 0 Å². The number of phenolic OH excluding ortho intramolecular Hbond substituents is 1. The number of aromatic hydroxyl groups is 1. The van der Waals surface area contributed by atoms with Gasteiger partial charge in [0.05, 0.1) is 5.56 Å². The van der Waals surface area contributed by atoms with Crippen LogP contribution in [0.25, 0.3) is 0 Å². The van der Waals surface area contributed by atoms with Crippen LogP contribution in [0.1, 0.15) is 50.4 Å². The highest BCUT2D eigenvalue weighted by molar-refractivity contribution is 6.31. The maximum absolute atomic E-state index is 12.1. The largest absolute Gasteiger partial charge is 0.507 e.